The summed E-state index contributed by atoms with van der Waals surface area (Å²) in [5, 5.41) is 0. The lowest BCUT2D eigenvalue weighted by atomic mass is 9.48. The van der Waals surface area contributed by atoms with E-state index in [1.165, 1.54) is 69.8 Å². The largest absolute Gasteiger partial charge is 0.0856 e. The molecular weight excluding hydrogens is 360 g/mol. The number of allylic oxidation sites excluding steroid dienone is 6. The van der Waals surface area contributed by atoms with Crippen LogP contribution in [0.1, 0.15) is 120 Å². The second-order valence-corrected chi connectivity index (χ2v) is 12.7. The van der Waals surface area contributed by atoms with Crippen LogP contribution >= 0.6 is 0 Å². The van der Waals surface area contributed by atoms with Gasteiger partial charge in [-0.05, 0) is 113 Å². The lowest BCUT2D eigenvalue weighted by molar-refractivity contribution is -0.0364. The fourth-order valence-electron chi connectivity index (χ4n) is 7.74. The van der Waals surface area contributed by atoms with Gasteiger partial charge in [0.05, 0.1) is 0 Å². The molecule has 0 nitrogen and oxygen atoms in total. The van der Waals surface area contributed by atoms with E-state index in [2.05, 4.69) is 73.6 Å². The van der Waals surface area contributed by atoms with Gasteiger partial charge in [-0.2, -0.15) is 0 Å². The summed E-state index contributed by atoms with van der Waals surface area (Å²) < 4.78 is 0. The average molecular weight is 411 g/mol. The molecule has 0 bridgehead atoms. The van der Waals surface area contributed by atoms with Gasteiger partial charge in [0.15, 0.2) is 0 Å². The van der Waals surface area contributed by atoms with Gasteiger partial charge in [-0.3, -0.25) is 0 Å². The highest BCUT2D eigenvalue weighted by Gasteiger charge is 2.57. The minimum absolute atomic E-state index is 0.435. The molecule has 0 heteroatoms. The summed E-state index contributed by atoms with van der Waals surface area (Å²) in [5.74, 6) is 2.52. The van der Waals surface area contributed by atoms with Crippen molar-refractivity contribution in [1.29, 1.82) is 0 Å². The maximum Gasteiger partial charge on any atom is -0.00875 e. The van der Waals surface area contributed by atoms with Crippen molar-refractivity contribution in [1.82, 2.24) is 0 Å². The Balaban J connectivity index is 1.66. The molecule has 0 aliphatic heterocycles. The fraction of sp³-hybridized carbons (Fsp3) is 0.800. The number of hydrogen-bond acceptors (Lipinski definition) is 0. The van der Waals surface area contributed by atoms with E-state index in [-0.39, 0.29) is 0 Å². The van der Waals surface area contributed by atoms with E-state index in [1.54, 1.807) is 5.57 Å². The number of rotatable bonds is 7. The molecule has 0 saturated heterocycles. The Morgan fingerprint density at radius 1 is 1.03 bits per heavy atom. The van der Waals surface area contributed by atoms with Crippen LogP contribution in [-0.2, 0) is 0 Å². The average Bonchev–Trinajstić information content (AvgIpc) is 3.00. The van der Waals surface area contributed by atoms with Gasteiger partial charge >= 0.3 is 0 Å². The Hall–Kier alpha value is -0.780. The molecule has 2 unspecified atom stereocenters. The van der Waals surface area contributed by atoms with Gasteiger partial charge < -0.3 is 0 Å². The minimum Gasteiger partial charge on any atom is -0.0856 e. The van der Waals surface area contributed by atoms with Crippen LogP contribution in [0.2, 0.25) is 0 Å². The lowest BCUT2D eigenvalue weighted by Crippen LogP contribution is -2.48. The molecule has 30 heavy (non-hydrogen) atoms. The van der Waals surface area contributed by atoms with E-state index in [4.69, 9.17) is 0 Å². The summed E-state index contributed by atoms with van der Waals surface area (Å²) in [6.07, 6.45) is 21.2. The fourth-order valence-corrected chi connectivity index (χ4v) is 7.74. The van der Waals surface area contributed by atoms with Crippen molar-refractivity contribution in [3.63, 3.8) is 0 Å². The Morgan fingerprint density at radius 3 is 2.47 bits per heavy atom. The highest BCUT2D eigenvalue weighted by atomic mass is 14.6. The molecule has 2 fully saturated rings. The second-order valence-electron chi connectivity index (χ2n) is 12.7. The molecule has 0 aromatic carbocycles. The van der Waals surface area contributed by atoms with Crippen molar-refractivity contribution in [2.75, 3.05) is 0 Å². The van der Waals surface area contributed by atoms with E-state index < -0.39 is 0 Å². The summed E-state index contributed by atoms with van der Waals surface area (Å²) in [6.45, 7) is 19.7. The highest BCUT2D eigenvalue weighted by Crippen LogP contribution is 2.67. The third-order valence-corrected chi connectivity index (χ3v) is 9.90. The predicted molar refractivity (Wildman–Crippen MR) is 134 cm³/mol. The second kappa shape index (κ2) is 8.99. The van der Waals surface area contributed by atoms with Crippen molar-refractivity contribution in [3.8, 4) is 0 Å². The minimum atomic E-state index is 0.435. The zero-order chi connectivity index (χ0) is 22.2. The molecule has 0 aromatic heterocycles. The summed E-state index contributed by atoms with van der Waals surface area (Å²) in [7, 11) is 0. The third kappa shape index (κ3) is 4.54. The maximum atomic E-state index is 2.74. The lowest BCUT2D eigenvalue weighted by Gasteiger charge is -2.57. The Morgan fingerprint density at radius 2 is 1.77 bits per heavy atom. The SMILES string of the molecule is CC(C)=CCC/C(C)=C/CCC(C)[C@@]1(C)CC[C@H]2C1=CCC1C(C)(C)CCC[C@@]12C. The molecule has 0 amide bonds. The van der Waals surface area contributed by atoms with Crippen LogP contribution in [0, 0.1) is 34.0 Å². The summed E-state index contributed by atoms with van der Waals surface area (Å²) in [5.41, 5.74) is 6.39. The normalized spacial score (nSPS) is 36.5. The number of fused-ring (bicyclic) bond motifs is 3. The van der Waals surface area contributed by atoms with E-state index >= 15 is 0 Å². The zero-order valence-corrected chi connectivity index (χ0v) is 21.5. The third-order valence-electron chi connectivity index (χ3n) is 9.90. The first kappa shape index (κ1) is 23.9. The van der Waals surface area contributed by atoms with Crippen molar-refractivity contribution < 1.29 is 0 Å². The highest BCUT2D eigenvalue weighted by molar-refractivity contribution is 5.30. The van der Waals surface area contributed by atoms with Gasteiger partial charge in [0.2, 0.25) is 0 Å². The Kier molecular flexibility index (Phi) is 7.16. The van der Waals surface area contributed by atoms with Crippen LogP contribution < -0.4 is 0 Å². The first-order valence-electron chi connectivity index (χ1n) is 13.0. The topological polar surface area (TPSA) is 0 Å². The summed E-state index contributed by atoms with van der Waals surface area (Å²) in [6, 6.07) is 0. The van der Waals surface area contributed by atoms with Gasteiger partial charge in [0.25, 0.3) is 0 Å². The van der Waals surface area contributed by atoms with Crippen LogP contribution in [0.5, 0.6) is 0 Å². The molecule has 0 aromatic rings. The van der Waals surface area contributed by atoms with Gasteiger partial charge in [-0.1, -0.05) is 76.0 Å². The Labute approximate surface area is 188 Å². The van der Waals surface area contributed by atoms with Crippen LogP contribution in [0.3, 0.4) is 0 Å². The summed E-state index contributed by atoms with van der Waals surface area (Å²) in [4.78, 5) is 0. The molecule has 0 heterocycles. The molecule has 0 spiro atoms. The first-order chi connectivity index (χ1) is 14.0. The molecule has 2 saturated carbocycles. The maximum absolute atomic E-state index is 2.74. The Bertz CT molecular complexity index is 698. The monoisotopic (exact) mass is 410 g/mol. The first-order valence-corrected chi connectivity index (χ1v) is 13.0. The quantitative estimate of drug-likeness (QED) is 0.366. The van der Waals surface area contributed by atoms with Gasteiger partial charge in [-0.15, -0.1) is 0 Å². The zero-order valence-electron chi connectivity index (χ0n) is 21.5. The van der Waals surface area contributed by atoms with E-state index in [0.717, 1.165) is 17.8 Å². The van der Waals surface area contributed by atoms with Crippen molar-refractivity contribution in [2.24, 2.45) is 34.0 Å². The smallest absolute Gasteiger partial charge is 0.00875 e. The van der Waals surface area contributed by atoms with E-state index in [9.17, 15) is 0 Å². The van der Waals surface area contributed by atoms with Gasteiger partial charge in [-0.25, -0.2) is 0 Å². The van der Waals surface area contributed by atoms with Crippen molar-refractivity contribution >= 4 is 0 Å². The predicted octanol–water partition coefficient (Wildman–Crippen LogP) is 9.67. The van der Waals surface area contributed by atoms with Crippen LogP contribution in [0.15, 0.2) is 34.9 Å². The molecule has 5 atom stereocenters. The molecule has 0 radical (unpaired) electrons. The van der Waals surface area contributed by atoms with Crippen LogP contribution in [0.4, 0.5) is 0 Å². The van der Waals surface area contributed by atoms with E-state index in [1.807, 2.05) is 5.57 Å². The van der Waals surface area contributed by atoms with Gasteiger partial charge in [0, 0.05) is 0 Å². The molecular formula is C30H50. The summed E-state index contributed by atoms with van der Waals surface area (Å²) >= 11 is 0. The van der Waals surface area contributed by atoms with Crippen LogP contribution in [0.25, 0.3) is 0 Å². The van der Waals surface area contributed by atoms with E-state index in [0.29, 0.717) is 16.2 Å². The molecule has 3 aliphatic carbocycles. The molecule has 0 N–H and O–H groups in total. The van der Waals surface area contributed by atoms with Crippen molar-refractivity contribution in [3.05, 3.63) is 34.9 Å². The molecule has 3 rings (SSSR count). The standard InChI is InChI=1S/C30H50/c1-22(2)12-9-13-23(3)14-10-15-24(4)29(7)21-18-26-25(29)16-17-27-28(5,6)19-11-20-30(26,27)8/h12,14,16,24,26-27H,9-11,13,15,17-21H2,1-8H3/b23-14+/t24?,26-,27?,29+,30+/m0/s1. The molecule has 170 valence electrons. The number of hydrogen-bond donors (Lipinski definition) is 0. The van der Waals surface area contributed by atoms with Crippen LogP contribution in [-0.4, -0.2) is 0 Å². The van der Waals surface area contributed by atoms with Crippen molar-refractivity contribution in [2.45, 2.75) is 120 Å². The van der Waals surface area contributed by atoms with Gasteiger partial charge in [0.1, 0.15) is 0 Å². The molecule has 3 aliphatic rings.